The molecule has 4 nitrogen and oxygen atoms in total. The maximum atomic E-state index is 12.1. The monoisotopic (exact) mass is 271 g/mol. The second kappa shape index (κ2) is 6.53. The number of amides is 1. The van der Waals surface area contributed by atoms with Gasteiger partial charge in [-0.15, -0.1) is 0 Å². The first-order valence-electron chi connectivity index (χ1n) is 7.14. The Hall–Kier alpha value is -1.86. The maximum absolute atomic E-state index is 12.1. The number of nitrogens with one attached hydrogen (secondary N) is 1. The summed E-state index contributed by atoms with van der Waals surface area (Å²) in [5.41, 5.74) is 1.34. The fraction of sp³-hybridized carbons (Fsp3) is 0.500. The van der Waals surface area contributed by atoms with Crippen LogP contribution in [0, 0.1) is 17.2 Å². The highest BCUT2D eigenvalue weighted by Gasteiger charge is 2.28. The molecule has 1 aromatic carbocycles. The predicted octanol–water partition coefficient (Wildman–Crippen LogP) is 2.62. The van der Waals surface area contributed by atoms with E-state index in [0.29, 0.717) is 24.1 Å². The lowest BCUT2D eigenvalue weighted by Gasteiger charge is -2.26. The highest BCUT2D eigenvalue weighted by atomic mass is 16.2. The van der Waals surface area contributed by atoms with Gasteiger partial charge < -0.3 is 5.32 Å². The summed E-state index contributed by atoms with van der Waals surface area (Å²) in [6, 6.07) is 9.53. The van der Waals surface area contributed by atoms with Crippen LogP contribution in [0.5, 0.6) is 0 Å². The van der Waals surface area contributed by atoms with Crippen LogP contribution >= 0.6 is 0 Å². The number of carbonyl (C=O) groups excluding carboxylic acids is 1. The van der Waals surface area contributed by atoms with E-state index >= 15 is 0 Å². The highest BCUT2D eigenvalue weighted by Crippen LogP contribution is 2.23. The highest BCUT2D eigenvalue weighted by molar-refractivity contribution is 5.92. The van der Waals surface area contributed by atoms with E-state index < -0.39 is 0 Å². The number of nitriles is 1. The van der Waals surface area contributed by atoms with Crippen molar-refractivity contribution >= 4 is 11.6 Å². The van der Waals surface area contributed by atoms with Crippen LogP contribution in [0.2, 0.25) is 0 Å². The first-order valence-corrected chi connectivity index (χ1v) is 7.14. The van der Waals surface area contributed by atoms with Crippen molar-refractivity contribution in [3.8, 4) is 6.07 Å². The standard InChI is InChI=1S/C16H21N3O/c1-12(2)15-4-3-9-19(15)11-16(20)18-14-7-5-13(10-17)6-8-14/h5-8,12,15H,3-4,9,11H2,1-2H3,(H,18,20). The van der Waals surface area contributed by atoms with Crippen molar-refractivity contribution < 1.29 is 4.79 Å². The number of benzene rings is 1. The number of hydrogen-bond donors (Lipinski definition) is 1. The molecule has 0 spiro atoms. The minimum Gasteiger partial charge on any atom is -0.325 e. The van der Waals surface area contributed by atoms with Crippen molar-refractivity contribution in [2.75, 3.05) is 18.4 Å². The molecule has 0 saturated carbocycles. The summed E-state index contributed by atoms with van der Waals surface area (Å²) in [6.45, 7) is 5.87. The molecular weight excluding hydrogens is 250 g/mol. The van der Waals surface area contributed by atoms with Crippen molar-refractivity contribution in [2.24, 2.45) is 5.92 Å². The van der Waals surface area contributed by atoms with Crippen LogP contribution in [0.4, 0.5) is 5.69 Å². The van der Waals surface area contributed by atoms with Gasteiger partial charge in [0.25, 0.3) is 0 Å². The van der Waals surface area contributed by atoms with E-state index in [0.717, 1.165) is 12.2 Å². The second-order valence-corrected chi connectivity index (χ2v) is 5.66. The van der Waals surface area contributed by atoms with Crippen LogP contribution in [0.25, 0.3) is 0 Å². The minimum atomic E-state index is 0.0160. The smallest absolute Gasteiger partial charge is 0.238 e. The van der Waals surface area contributed by atoms with E-state index in [9.17, 15) is 4.79 Å². The fourth-order valence-electron chi connectivity index (χ4n) is 2.82. The zero-order valence-electron chi connectivity index (χ0n) is 12.1. The Kier molecular flexibility index (Phi) is 4.75. The predicted molar refractivity (Wildman–Crippen MR) is 79.2 cm³/mol. The largest absolute Gasteiger partial charge is 0.325 e. The zero-order chi connectivity index (χ0) is 14.5. The molecule has 0 aromatic heterocycles. The molecule has 1 unspecified atom stereocenters. The summed E-state index contributed by atoms with van der Waals surface area (Å²) in [4.78, 5) is 14.3. The topological polar surface area (TPSA) is 56.1 Å². The molecule has 1 aliphatic rings. The zero-order valence-corrected chi connectivity index (χ0v) is 12.1. The summed E-state index contributed by atoms with van der Waals surface area (Å²) in [5, 5.41) is 11.6. The van der Waals surface area contributed by atoms with Crippen molar-refractivity contribution in [1.82, 2.24) is 4.90 Å². The fourth-order valence-corrected chi connectivity index (χ4v) is 2.82. The van der Waals surface area contributed by atoms with Gasteiger partial charge in [0.2, 0.25) is 5.91 Å². The lowest BCUT2D eigenvalue weighted by atomic mass is 10.0. The average molecular weight is 271 g/mol. The number of carbonyl (C=O) groups is 1. The van der Waals surface area contributed by atoms with E-state index in [1.54, 1.807) is 24.3 Å². The van der Waals surface area contributed by atoms with Crippen LogP contribution in [0.15, 0.2) is 24.3 Å². The molecule has 1 aliphatic heterocycles. The third-order valence-electron chi connectivity index (χ3n) is 3.83. The molecule has 4 heteroatoms. The van der Waals surface area contributed by atoms with Gasteiger partial charge >= 0.3 is 0 Å². The molecule has 20 heavy (non-hydrogen) atoms. The number of anilines is 1. The van der Waals surface area contributed by atoms with Gasteiger partial charge in [-0.25, -0.2) is 0 Å². The van der Waals surface area contributed by atoms with Gasteiger partial charge in [-0.2, -0.15) is 5.26 Å². The molecule has 0 aliphatic carbocycles. The van der Waals surface area contributed by atoms with Gasteiger partial charge in [-0.05, 0) is 49.6 Å². The Morgan fingerprint density at radius 2 is 2.15 bits per heavy atom. The van der Waals surface area contributed by atoms with Gasteiger partial charge in [0.1, 0.15) is 0 Å². The molecule has 0 radical (unpaired) electrons. The molecule has 1 fully saturated rings. The Morgan fingerprint density at radius 1 is 1.45 bits per heavy atom. The van der Waals surface area contributed by atoms with Gasteiger partial charge in [0.15, 0.2) is 0 Å². The number of nitrogens with zero attached hydrogens (tertiary/aromatic N) is 2. The van der Waals surface area contributed by atoms with Gasteiger partial charge in [0, 0.05) is 11.7 Å². The van der Waals surface area contributed by atoms with Crippen LogP contribution < -0.4 is 5.32 Å². The lowest BCUT2D eigenvalue weighted by molar-refractivity contribution is -0.117. The Morgan fingerprint density at radius 3 is 2.75 bits per heavy atom. The average Bonchev–Trinajstić information content (AvgIpc) is 2.87. The first kappa shape index (κ1) is 14.5. The normalized spacial score (nSPS) is 19.0. The van der Waals surface area contributed by atoms with Crippen LogP contribution in [-0.4, -0.2) is 29.9 Å². The molecule has 0 bridgehead atoms. The molecule has 2 rings (SSSR count). The molecule has 1 heterocycles. The van der Waals surface area contributed by atoms with Crippen molar-refractivity contribution in [2.45, 2.75) is 32.7 Å². The Labute approximate surface area is 120 Å². The first-order chi connectivity index (χ1) is 9.60. The van der Waals surface area contributed by atoms with E-state index in [4.69, 9.17) is 5.26 Å². The third kappa shape index (κ3) is 3.58. The van der Waals surface area contributed by atoms with E-state index in [1.807, 2.05) is 0 Å². The van der Waals surface area contributed by atoms with Crippen LogP contribution in [0.1, 0.15) is 32.3 Å². The summed E-state index contributed by atoms with van der Waals surface area (Å²) in [5.74, 6) is 0.600. The van der Waals surface area contributed by atoms with E-state index in [1.165, 1.54) is 12.8 Å². The molecule has 1 atom stereocenters. The van der Waals surface area contributed by atoms with E-state index in [2.05, 4.69) is 30.1 Å². The molecule has 1 amide bonds. The lowest BCUT2D eigenvalue weighted by Crippen LogP contribution is -2.39. The summed E-state index contributed by atoms with van der Waals surface area (Å²) in [7, 11) is 0. The molecular formula is C16H21N3O. The Balaban J connectivity index is 1.90. The molecule has 1 aromatic rings. The Bertz CT molecular complexity index is 501. The number of hydrogen-bond acceptors (Lipinski definition) is 3. The molecule has 1 N–H and O–H groups in total. The summed E-state index contributed by atoms with van der Waals surface area (Å²) >= 11 is 0. The number of likely N-dealkylation sites (tertiary alicyclic amines) is 1. The maximum Gasteiger partial charge on any atom is 0.238 e. The summed E-state index contributed by atoms with van der Waals surface area (Å²) < 4.78 is 0. The van der Waals surface area contributed by atoms with Crippen LogP contribution in [-0.2, 0) is 4.79 Å². The van der Waals surface area contributed by atoms with Gasteiger partial charge in [-0.3, -0.25) is 9.69 Å². The second-order valence-electron chi connectivity index (χ2n) is 5.66. The van der Waals surface area contributed by atoms with E-state index in [-0.39, 0.29) is 5.91 Å². The van der Waals surface area contributed by atoms with Crippen molar-refractivity contribution in [1.29, 1.82) is 5.26 Å². The third-order valence-corrected chi connectivity index (χ3v) is 3.83. The summed E-state index contributed by atoms with van der Waals surface area (Å²) in [6.07, 6.45) is 2.36. The van der Waals surface area contributed by atoms with Crippen LogP contribution in [0.3, 0.4) is 0 Å². The van der Waals surface area contributed by atoms with Crippen molar-refractivity contribution in [3.63, 3.8) is 0 Å². The molecule has 1 saturated heterocycles. The number of rotatable bonds is 4. The van der Waals surface area contributed by atoms with Crippen molar-refractivity contribution in [3.05, 3.63) is 29.8 Å². The minimum absolute atomic E-state index is 0.0160. The SMILES string of the molecule is CC(C)C1CCCN1CC(=O)Nc1ccc(C#N)cc1. The van der Waals surface area contributed by atoms with Gasteiger partial charge in [-0.1, -0.05) is 13.8 Å². The van der Waals surface area contributed by atoms with Gasteiger partial charge in [0.05, 0.1) is 18.2 Å². The molecule has 106 valence electrons. The quantitative estimate of drug-likeness (QED) is 0.915.